The summed E-state index contributed by atoms with van der Waals surface area (Å²) in [5.74, 6) is -0.0580. The summed E-state index contributed by atoms with van der Waals surface area (Å²) in [5.41, 5.74) is 0. The third-order valence-electron chi connectivity index (χ3n) is 3.87. The highest BCUT2D eigenvalue weighted by atomic mass is 16.5. The topological polar surface area (TPSA) is 41.6 Å². The van der Waals surface area contributed by atoms with Crippen molar-refractivity contribution in [2.75, 3.05) is 33.3 Å². The van der Waals surface area contributed by atoms with Crippen LogP contribution in [0, 0.1) is 0 Å². The molecule has 0 radical (unpaired) electrons. The zero-order valence-electron chi connectivity index (χ0n) is 12.6. The molecular formula is C15H30N2O2. The minimum atomic E-state index is -0.0580. The summed E-state index contributed by atoms with van der Waals surface area (Å²) in [6.45, 7) is 6.21. The van der Waals surface area contributed by atoms with Crippen molar-refractivity contribution in [3.05, 3.63) is 0 Å². The summed E-state index contributed by atoms with van der Waals surface area (Å²) in [6.07, 6.45) is 8.26. The number of esters is 1. The highest BCUT2D eigenvalue weighted by Gasteiger charge is 2.26. The molecule has 19 heavy (non-hydrogen) atoms. The second-order valence-corrected chi connectivity index (χ2v) is 5.38. The predicted molar refractivity (Wildman–Crippen MR) is 78.2 cm³/mol. The first-order valence-electron chi connectivity index (χ1n) is 7.82. The second kappa shape index (κ2) is 10.2. The van der Waals surface area contributed by atoms with Gasteiger partial charge in [0.25, 0.3) is 0 Å². The molecule has 0 amide bonds. The lowest BCUT2D eigenvalue weighted by atomic mass is 10.0. The Balaban J connectivity index is 2.39. The minimum Gasteiger partial charge on any atom is -0.468 e. The molecule has 1 N–H and O–H groups in total. The number of nitrogens with one attached hydrogen (secondary N) is 1. The van der Waals surface area contributed by atoms with Crippen molar-refractivity contribution in [1.82, 2.24) is 10.2 Å². The van der Waals surface area contributed by atoms with E-state index < -0.39 is 0 Å². The molecule has 0 spiro atoms. The number of methoxy groups -OCH3 is 1. The van der Waals surface area contributed by atoms with Gasteiger partial charge in [-0.15, -0.1) is 0 Å². The molecule has 1 heterocycles. The number of hydrogen-bond acceptors (Lipinski definition) is 4. The SMILES string of the molecule is CCCCCCCC(C(=O)OC)N1CCCNCC1. The van der Waals surface area contributed by atoms with E-state index in [2.05, 4.69) is 17.1 Å². The van der Waals surface area contributed by atoms with Gasteiger partial charge in [0.15, 0.2) is 0 Å². The molecule has 112 valence electrons. The molecule has 0 bridgehead atoms. The van der Waals surface area contributed by atoms with E-state index in [1.165, 1.54) is 32.8 Å². The molecule has 1 rings (SSSR count). The monoisotopic (exact) mass is 270 g/mol. The molecule has 0 saturated carbocycles. The summed E-state index contributed by atoms with van der Waals surface area (Å²) in [5, 5.41) is 3.38. The van der Waals surface area contributed by atoms with E-state index in [0.29, 0.717) is 0 Å². The molecule has 0 aromatic rings. The van der Waals surface area contributed by atoms with Crippen molar-refractivity contribution < 1.29 is 9.53 Å². The molecule has 4 nitrogen and oxygen atoms in total. The highest BCUT2D eigenvalue weighted by molar-refractivity contribution is 5.75. The third kappa shape index (κ3) is 6.39. The number of rotatable bonds is 8. The second-order valence-electron chi connectivity index (χ2n) is 5.38. The predicted octanol–water partition coefficient (Wildman–Crippen LogP) is 2.18. The van der Waals surface area contributed by atoms with Gasteiger partial charge in [0.1, 0.15) is 6.04 Å². The maximum Gasteiger partial charge on any atom is 0.323 e. The van der Waals surface area contributed by atoms with Gasteiger partial charge in [-0.1, -0.05) is 39.0 Å². The number of nitrogens with zero attached hydrogens (tertiary/aromatic N) is 1. The highest BCUT2D eigenvalue weighted by Crippen LogP contribution is 2.14. The normalized spacial score (nSPS) is 18.8. The van der Waals surface area contributed by atoms with Gasteiger partial charge in [-0.3, -0.25) is 9.69 Å². The van der Waals surface area contributed by atoms with E-state index in [9.17, 15) is 4.79 Å². The first-order valence-corrected chi connectivity index (χ1v) is 7.82. The minimum absolute atomic E-state index is 0.0356. The van der Waals surface area contributed by atoms with Gasteiger partial charge < -0.3 is 10.1 Å². The largest absolute Gasteiger partial charge is 0.468 e. The molecule has 1 aliphatic heterocycles. The van der Waals surface area contributed by atoms with Crippen LogP contribution in [0.25, 0.3) is 0 Å². The summed E-state index contributed by atoms with van der Waals surface area (Å²) < 4.78 is 4.98. The number of unbranched alkanes of at least 4 members (excludes halogenated alkanes) is 4. The average molecular weight is 270 g/mol. The van der Waals surface area contributed by atoms with Crippen LogP contribution in [0.1, 0.15) is 51.9 Å². The molecule has 1 aliphatic rings. The van der Waals surface area contributed by atoms with Crippen molar-refractivity contribution >= 4 is 5.97 Å². The van der Waals surface area contributed by atoms with Crippen LogP contribution in [-0.4, -0.2) is 50.2 Å². The van der Waals surface area contributed by atoms with Crippen LogP contribution < -0.4 is 5.32 Å². The van der Waals surface area contributed by atoms with Crippen LogP contribution in [0.15, 0.2) is 0 Å². The quantitative estimate of drug-likeness (QED) is 0.542. The van der Waals surface area contributed by atoms with Crippen LogP contribution in [0.4, 0.5) is 0 Å². The van der Waals surface area contributed by atoms with Gasteiger partial charge in [-0.2, -0.15) is 0 Å². The Bertz CT molecular complexity index is 238. The van der Waals surface area contributed by atoms with Crippen molar-refractivity contribution in [3.8, 4) is 0 Å². The average Bonchev–Trinajstić information content (AvgIpc) is 2.71. The first-order chi connectivity index (χ1) is 9.29. The van der Waals surface area contributed by atoms with Crippen LogP contribution in [-0.2, 0) is 9.53 Å². The Labute approximate surface area is 117 Å². The summed E-state index contributed by atoms with van der Waals surface area (Å²) >= 11 is 0. The zero-order chi connectivity index (χ0) is 13.9. The van der Waals surface area contributed by atoms with E-state index in [-0.39, 0.29) is 12.0 Å². The fraction of sp³-hybridized carbons (Fsp3) is 0.933. The molecule has 0 aromatic carbocycles. The fourth-order valence-electron chi connectivity index (χ4n) is 2.71. The van der Waals surface area contributed by atoms with E-state index in [1.54, 1.807) is 0 Å². The lowest BCUT2D eigenvalue weighted by Gasteiger charge is -2.28. The van der Waals surface area contributed by atoms with Gasteiger partial charge in [-0.25, -0.2) is 0 Å². The summed E-state index contributed by atoms with van der Waals surface area (Å²) in [6, 6.07) is -0.0356. The lowest BCUT2D eigenvalue weighted by Crippen LogP contribution is -2.43. The van der Waals surface area contributed by atoms with Gasteiger partial charge in [0.05, 0.1) is 7.11 Å². The smallest absolute Gasteiger partial charge is 0.323 e. The van der Waals surface area contributed by atoms with E-state index in [0.717, 1.165) is 45.4 Å². The zero-order valence-corrected chi connectivity index (χ0v) is 12.6. The molecule has 1 atom stereocenters. The first kappa shape index (κ1) is 16.4. The van der Waals surface area contributed by atoms with Gasteiger partial charge in [0.2, 0.25) is 0 Å². The number of carbonyl (C=O) groups is 1. The molecule has 0 aromatic heterocycles. The van der Waals surface area contributed by atoms with Crippen molar-refractivity contribution in [2.24, 2.45) is 0 Å². The Hall–Kier alpha value is -0.610. The standard InChI is InChI=1S/C15H30N2O2/c1-3-4-5-6-7-9-14(15(18)19-2)17-12-8-10-16-11-13-17/h14,16H,3-13H2,1-2H3. The molecule has 0 aliphatic carbocycles. The number of ether oxygens (including phenoxy) is 1. The van der Waals surface area contributed by atoms with Crippen LogP contribution in [0.5, 0.6) is 0 Å². The van der Waals surface area contributed by atoms with Crippen LogP contribution in [0.3, 0.4) is 0 Å². The van der Waals surface area contributed by atoms with Crippen molar-refractivity contribution in [2.45, 2.75) is 57.9 Å². The molecule has 4 heteroatoms. The summed E-state index contributed by atoms with van der Waals surface area (Å²) in [7, 11) is 1.50. The number of carbonyl (C=O) groups excluding carboxylic acids is 1. The molecule has 1 fully saturated rings. The lowest BCUT2D eigenvalue weighted by molar-refractivity contribution is -0.147. The number of hydrogen-bond donors (Lipinski definition) is 1. The van der Waals surface area contributed by atoms with Gasteiger partial charge in [0, 0.05) is 19.6 Å². The Morgan fingerprint density at radius 3 is 2.74 bits per heavy atom. The van der Waals surface area contributed by atoms with Crippen molar-refractivity contribution in [3.63, 3.8) is 0 Å². The third-order valence-corrected chi connectivity index (χ3v) is 3.87. The maximum atomic E-state index is 12.0. The fourth-order valence-corrected chi connectivity index (χ4v) is 2.71. The Kier molecular flexibility index (Phi) is 8.84. The maximum absolute atomic E-state index is 12.0. The van der Waals surface area contributed by atoms with Crippen LogP contribution >= 0.6 is 0 Å². The van der Waals surface area contributed by atoms with E-state index in [4.69, 9.17) is 4.74 Å². The van der Waals surface area contributed by atoms with Gasteiger partial charge in [-0.05, 0) is 19.4 Å². The van der Waals surface area contributed by atoms with Gasteiger partial charge >= 0.3 is 5.97 Å². The summed E-state index contributed by atoms with van der Waals surface area (Å²) in [4.78, 5) is 14.3. The Morgan fingerprint density at radius 1 is 1.21 bits per heavy atom. The Morgan fingerprint density at radius 2 is 2.00 bits per heavy atom. The van der Waals surface area contributed by atoms with E-state index >= 15 is 0 Å². The molecule has 1 saturated heterocycles. The van der Waals surface area contributed by atoms with E-state index in [1.807, 2.05) is 0 Å². The van der Waals surface area contributed by atoms with Crippen molar-refractivity contribution in [1.29, 1.82) is 0 Å². The van der Waals surface area contributed by atoms with Crippen LogP contribution in [0.2, 0.25) is 0 Å². The molecular weight excluding hydrogens is 240 g/mol. The molecule has 1 unspecified atom stereocenters.